The lowest BCUT2D eigenvalue weighted by atomic mass is 10.0. The molecule has 2 saturated heterocycles. The van der Waals surface area contributed by atoms with Crippen LogP contribution in [0, 0.1) is 0 Å². The molecule has 5 atom stereocenters. The van der Waals surface area contributed by atoms with E-state index in [2.05, 4.69) is 10.6 Å². The number of ether oxygens (including phenoxy) is 3. The van der Waals surface area contributed by atoms with E-state index in [4.69, 9.17) is 14.2 Å². The van der Waals surface area contributed by atoms with Gasteiger partial charge in [0.25, 0.3) is 11.8 Å². The number of nitrogens with one attached hydrogen (secondary N) is 2. The van der Waals surface area contributed by atoms with E-state index in [1.807, 2.05) is 12.1 Å². The second-order valence-electron chi connectivity index (χ2n) is 8.08. The van der Waals surface area contributed by atoms with Crippen molar-refractivity contribution in [1.29, 1.82) is 0 Å². The third-order valence-electron chi connectivity index (χ3n) is 5.31. The first-order valence-electron chi connectivity index (χ1n) is 10.2. The van der Waals surface area contributed by atoms with Gasteiger partial charge in [-0.3, -0.25) is 9.59 Å². The van der Waals surface area contributed by atoms with Crippen LogP contribution in [0.15, 0.2) is 60.7 Å². The number of hydrogen-bond acceptors (Lipinski definition) is 6. The highest BCUT2D eigenvalue weighted by Gasteiger charge is 2.56. The fraction of sp³-hybridized carbons (Fsp3) is 0.391. The predicted molar refractivity (Wildman–Crippen MR) is 111 cm³/mol. The lowest BCUT2D eigenvalue weighted by Gasteiger charge is -2.29. The molecular weight excluding hydrogens is 400 g/mol. The Bertz CT molecular complexity index is 920. The molecule has 3 N–H and O–H groups in total. The van der Waals surface area contributed by atoms with E-state index in [1.54, 1.807) is 62.4 Å². The van der Waals surface area contributed by atoms with Crippen molar-refractivity contribution in [1.82, 2.24) is 10.6 Å². The molecule has 2 aromatic rings. The Hall–Kier alpha value is -2.78. The first kappa shape index (κ1) is 21.5. The molecule has 2 aromatic carbocycles. The van der Waals surface area contributed by atoms with Crippen LogP contribution in [0.2, 0.25) is 0 Å². The molecule has 2 aliphatic heterocycles. The van der Waals surface area contributed by atoms with E-state index in [0.29, 0.717) is 11.1 Å². The molecule has 0 radical (unpaired) electrons. The summed E-state index contributed by atoms with van der Waals surface area (Å²) in [4.78, 5) is 25.1. The lowest BCUT2D eigenvalue weighted by Crippen LogP contribution is -2.54. The summed E-state index contributed by atoms with van der Waals surface area (Å²) in [6.45, 7) is 3.46. The van der Waals surface area contributed by atoms with Crippen molar-refractivity contribution in [2.24, 2.45) is 0 Å². The average Bonchev–Trinajstić information content (AvgIpc) is 3.25. The molecule has 0 bridgehead atoms. The molecule has 0 saturated carbocycles. The molecule has 0 aliphatic carbocycles. The highest BCUT2D eigenvalue weighted by Crippen LogP contribution is 2.38. The number of aliphatic hydroxyl groups is 1. The number of carbonyl (C=O) groups is 2. The van der Waals surface area contributed by atoms with Crippen LogP contribution in [-0.2, 0) is 14.2 Å². The minimum atomic E-state index is -1.09. The smallest absolute Gasteiger partial charge is 0.251 e. The second kappa shape index (κ2) is 8.76. The highest BCUT2D eigenvalue weighted by atomic mass is 16.8. The van der Waals surface area contributed by atoms with E-state index >= 15 is 0 Å². The zero-order valence-electron chi connectivity index (χ0n) is 17.4. The summed E-state index contributed by atoms with van der Waals surface area (Å²) in [5, 5.41) is 16.4. The van der Waals surface area contributed by atoms with E-state index < -0.39 is 36.4 Å². The molecule has 8 nitrogen and oxygen atoms in total. The summed E-state index contributed by atoms with van der Waals surface area (Å²) < 4.78 is 17.6. The quantitative estimate of drug-likeness (QED) is 0.646. The summed E-state index contributed by atoms with van der Waals surface area (Å²) in [6.07, 6.45) is -3.24. The molecule has 2 heterocycles. The van der Waals surface area contributed by atoms with Crippen molar-refractivity contribution < 1.29 is 28.9 Å². The van der Waals surface area contributed by atoms with Crippen molar-refractivity contribution in [2.45, 2.75) is 50.3 Å². The minimum absolute atomic E-state index is 0.0566. The van der Waals surface area contributed by atoms with Gasteiger partial charge in [-0.2, -0.15) is 0 Å². The Morgan fingerprint density at radius 2 is 1.55 bits per heavy atom. The SMILES string of the molecule is CC1(C)O[C@H]2O[C@H](C(O)CNC(=O)c3ccccc3)[C@H](NC(=O)c3ccccc3)[C@H]2O1. The van der Waals surface area contributed by atoms with Crippen molar-refractivity contribution >= 4 is 11.8 Å². The van der Waals surface area contributed by atoms with Crippen LogP contribution in [0.5, 0.6) is 0 Å². The fourth-order valence-corrected chi connectivity index (χ4v) is 3.86. The van der Waals surface area contributed by atoms with Gasteiger partial charge in [-0.25, -0.2) is 0 Å². The van der Waals surface area contributed by atoms with Gasteiger partial charge in [0, 0.05) is 17.7 Å². The van der Waals surface area contributed by atoms with Crippen LogP contribution in [0.3, 0.4) is 0 Å². The van der Waals surface area contributed by atoms with E-state index in [9.17, 15) is 14.7 Å². The van der Waals surface area contributed by atoms with Gasteiger partial charge in [0.05, 0.1) is 12.1 Å². The van der Waals surface area contributed by atoms with Crippen molar-refractivity contribution in [3.8, 4) is 0 Å². The van der Waals surface area contributed by atoms with E-state index in [1.165, 1.54) is 0 Å². The number of fused-ring (bicyclic) bond motifs is 1. The number of amides is 2. The Morgan fingerprint density at radius 1 is 0.968 bits per heavy atom. The summed E-state index contributed by atoms with van der Waals surface area (Å²) >= 11 is 0. The second-order valence-corrected chi connectivity index (χ2v) is 8.08. The minimum Gasteiger partial charge on any atom is -0.388 e. The Balaban J connectivity index is 1.45. The number of benzene rings is 2. The fourth-order valence-electron chi connectivity index (χ4n) is 3.86. The van der Waals surface area contributed by atoms with Gasteiger partial charge in [-0.15, -0.1) is 0 Å². The molecule has 0 aromatic heterocycles. The average molecular weight is 426 g/mol. The molecule has 31 heavy (non-hydrogen) atoms. The molecule has 2 amide bonds. The molecule has 0 spiro atoms. The molecular formula is C23H26N2O6. The van der Waals surface area contributed by atoms with Gasteiger partial charge in [0.2, 0.25) is 0 Å². The zero-order chi connectivity index (χ0) is 22.0. The maximum Gasteiger partial charge on any atom is 0.251 e. The topological polar surface area (TPSA) is 106 Å². The number of rotatable bonds is 6. The monoisotopic (exact) mass is 426 g/mol. The van der Waals surface area contributed by atoms with Gasteiger partial charge in [-0.1, -0.05) is 36.4 Å². The van der Waals surface area contributed by atoms with Crippen LogP contribution >= 0.6 is 0 Å². The largest absolute Gasteiger partial charge is 0.388 e. The van der Waals surface area contributed by atoms with Gasteiger partial charge in [-0.05, 0) is 38.1 Å². The standard InChI is InChI=1S/C23H26N2O6/c1-23(2)30-19-17(25-21(28)15-11-7-4-8-12-15)18(29-22(19)31-23)16(26)13-24-20(27)14-9-5-3-6-10-14/h3-12,16-19,22,26H,13H2,1-2H3,(H,24,27)(H,25,28)/t16?,17-,18+,19+,22+/m0/s1. The third kappa shape index (κ3) is 4.77. The van der Waals surface area contributed by atoms with Crippen molar-refractivity contribution in [2.75, 3.05) is 6.54 Å². The van der Waals surface area contributed by atoms with Crippen molar-refractivity contribution in [3.63, 3.8) is 0 Å². The molecule has 4 rings (SSSR count). The number of aliphatic hydroxyl groups excluding tert-OH is 1. The van der Waals surface area contributed by atoms with E-state index in [-0.39, 0.29) is 18.4 Å². The Labute approximate surface area is 180 Å². The van der Waals surface area contributed by atoms with Gasteiger partial charge in [0.1, 0.15) is 12.2 Å². The highest BCUT2D eigenvalue weighted by molar-refractivity contribution is 5.94. The normalized spacial score (nSPS) is 27.3. The summed E-state index contributed by atoms with van der Waals surface area (Å²) in [6, 6.07) is 16.8. The zero-order valence-corrected chi connectivity index (χ0v) is 17.4. The lowest BCUT2D eigenvalue weighted by molar-refractivity contribution is -0.216. The van der Waals surface area contributed by atoms with Crippen LogP contribution in [0.4, 0.5) is 0 Å². The van der Waals surface area contributed by atoms with Gasteiger partial charge < -0.3 is 30.0 Å². The van der Waals surface area contributed by atoms with Crippen LogP contribution in [0.25, 0.3) is 0 Å². The third-order valence-corrected chi connectivity index (χ3v) is 5.31. The molecule has 2 fully saturated rings. The molecule has 8 heteroatoms. The summed E-state index contributed by atoms with van der Waals surface area (Å²) in [5.74, 6) is -1.49. The Kier molecular flexibility index (Phi) is 6.06. The first-order valence-corrected chi connectivity index (χ1v) is 10.2. The molecule has 1 unspecified atom stereocenters. The maximum absolute atomic E-state index is 12.8. The van der Waals surface area contributed by atoms with Crippen LogP contribution < -0.4 is 10.6 Å². The summed E-state index contributed by atoms with van der Waals surface area (Å²) in [5.41, 5.74) is 0.969. The van der Waals surface area contributed by atoms with Gasteiger partial charge >= 0.3 is 0 Å². The number of hydrogen-bond donors (Lipinski definition) is 3. The summed E-state index contributed by atoms with van der Waals surface area (Å²) in [7, 11) is 0. The Morgan fingerprint density at radius 3 is 2.16 bits per heavy atom. The molecule has 164 valence electrons. The van der Waals surface area contributed by atoms with Crippen LogP contribution in [-0.4, -0.2) is 59.9 Å². The maximum atomic E-state index is 12.8. The number of carbonyl (C=O) groups excluding carboxylic acids is 2. The van der Waals surface area contributed by atoms with Crippen molar-refractivity contribution in [3.05, 3.63) is 71.8 Å². The van der Waals surface area contributed by atoms with E-state index in [0.717, 1.165) is 0 Å². The van der Waals surface area contributed by atoms with Crippen LogP contribution in [0.1, 0.15) is 34.6 Å². The molecule has 2 aliphatic rings. The van der Waals surface area contributed by atoms with Gasteiger partial charge in [0.15, 0.2) is 12.1 Å². The first-order chi connectivity index (χ1) is 14.8. The predicted octanol–water partition coefficient (Wildman–Crippen LogP) is 1.45.